The van der Waals surface area contributed by atoms with Crippen LogP contribution in [-0.4, -0.2) is 234 Å². The van der Waals surface area contributed by atoms with Gasteiger partial charge in [0.2, 0.25) is 35.6 Å². The normalized spacial score (nSPS) is 17.1. The van der Waals surface area contributed by atoms with Gasteiger partial charge in [0.1, 0.15) is 29.0 Å². The molecule has 37 nitrogen and oxygen atoms in total. The average molecular weight is 1870 g/mol. The fourth-order valence-electron chi connectivity index (χ4n) is 19.2. The molecule has 4 amide bonds. The van der Waals surface area contributed by atoms with Crippen LogP contribution in [0.4, 0.5) is 70.3 Å². The third-order valence-corrected chi connectivity index (χ3v) is 26.3. The van der Waals surface area contributed by atoms with Crippen LogP contribution in [-0.2, 0) is 80.9 Å². The van der Waals surface area contributed by atoms with E-state index in [0.29, 0.717) is 167 Å². The van der Waals surface area contributed by atoms with Crippen LogP contribution in [0, 0.1) is 0 Å². The van der Waals surface area contributed by atoms with E-state index in [0.717, 1.165) is 168 Å². The van der Waals surface area contributed by atoms with Crippen LogP contribution in [0.25, 0.3) is 45.0 Å². The van der Waals surface area contributed by atoms with Crippen LogP contribution >= 0.6 is 0 Å². The number of anilines is 12. The van der Waals surface area contributed by atoms with Gasteiger partial charge >= 0.3 is 0 Å². The van der Waals surface area contributed by atoms with Crippen LogP contribution in [0.5, 0.6) is 0 Å². The molecule has 0 aliphatic carbocycles. The molecule has 8 aliphatic heterocycles. The summed E-state index contributed by atoms with van der Waals surface area (Å²) in [6.45, 7) is 13.7. The topological polar surface area (TPSA) is 410 Å². The molecule has 0 unspecified atom stereocenters. The molecular formula is C102H113N29O8. The standard InChI is InChI=1S/C28H29N7O2.C27H28N8O2.C24H29N7O2.C23H27N7O2/c1-37-18-21-13-8-14-35(21)28-29-23(19-9-4-2-5-10-19)15-25(31-28)30-26-22-16-34(17-24(22)32-33-26)27(36)20-11-6-3-7-12-20;1-37-17-19-10-7-13-35(19)27-29-22(18-8-3-2-4-9-18)14-24(31-27)30-25-20-15-34(16-23(20)32-33-25)26(36)21-11-5-6-12-28-21;1-3-22(32)30-13-18-20(14-30)28-29-23(18)26-21-12-19(16-8-5-4-6-9-16)25-24(27-21)31-11-7-10-17(31)15-33-2;1-15(31)29-12-18-20(13-29)27-28-22(18)25-21-11-19(16-7-4-3-5-8-16)24-23(26-21)30-10-6-9-17(30)14-32-2/h2-7,9-12,15,21H,8,13-14,16-18H2,1H3,(H2,29,30,31,32,33);2-6,8-9,11-12,14,19H,7,10,13,15-17H2,1H3,(H2,29,30,31,32,33);4-6,8-9,12,17H,3,7,10-11,13-15H2,1-2H3,(H2,25,26,27,28,29);3-5,7-8,11,17H,6,9-10,12-14H2,1-2H3,(H2,24,25,26,27,28)/t21-;19-;2*17-/m0000/s1. The second-order valence-corrected chi connectivity index (χ2v) is 35.5. The van der Waals surface area contributed by atoms with Gasteiger partial charge in [0.25, 0.3) is 11.8 Å². The first kappa shape index (κ1) is 92.6. The van der Waals surface area contributed by atoms with Crippen LogP contribution in [0.1, 0.15) is 138 Å². The van der Waals surface area contributed by atoms with Crippen molar-refractivity contribution in [3.63, 3.8) is 0 Å². The highest BCUT2D eigenvalue weighted by Crippen LogP contribution is 2.40. The molecule has 9 aromatic heterocycles. The number of methoxy groups -OCH3 is 4. The molecule has 8 aliphatic rings. The largest absolute Gasteiger partial charge is 0.383 e. The molecule has 5 aromatic carbocycles. The lowest BCUT2D eigenvalue weighted by Crippen LogP contribution is -2.34. The Labute approximate surface area is 804 Å². The van der Waals surface area contributed by atoms with Gasteiger partial charge in [-0.25, -0.2) is 19.9 Å². The van der Waals surface area contributed by atoms with E-state index in [-0.39, 0.29) is 47.8 Å². The summed E-state index contributed by atoms with van der Waals surface area (Å²) in [6.07, 6.45) is 10.7. The van der Waals surface area contributed by atoms with Crippen molar-refractivity contribution in [3.8, 4) is 45.0 Å². The van der Waals surface area contributed by atoms with Gasteiger partial charge < -0.3 is 79.4 Å². The Balaban J connectivity index is 0.000000118. The van der Waals surface area contributed by atoms with E-state index in [4.69, 9.17) is 58.8 Å². The number of benzene rings is 5. The number of fused-ring (bicyclic) bond motifs is 4. The fourth-order valence-corrected chi connectivity index (χ4v) is 19.2. The number of nitrogens with one attached hydrogen (secondary N) is 8. The molecule has 0 saturated carbocycles. The second kappa shape index (κ2) is 42.8. The first-order chi connectivity index (χ1) is 68.2. The Morgan fingerprint density at radius 3 is 0.935 bits per heavy atom. The molecule has 0 bridgehead atoms. The SMILES string of the molecule is CCC(=O)N1Cc2[nH]nc(Nc3cc(-c4ccccc4)nc(N4CCC[C@H]4COC)n3)c2C1.COC[C@@H]1CCCN1c1nc(Nc2n[nH]c3c2CN(C(=O)c2ccccc2)C3)cc(-c2ccccc2)n1.COC[C@@H]1CCCN1c1nc(Nc2n[nH]c3c2CN(C(=O)c2ccccn2)C3)cc(-c2ccccc2)n1.COC[C@@H]1CCCN1c1nc(Nc2n[nH]c3c2CN(C(C)=O)C3)cc(-c2ccccc2)n1. The molecule has 22 rings (SSSR count). The van der Waals surface area contributed by atoms with Gasteiger partial charge in [-0.1, -0.05) is 153 Å². The minimum Gasteiger partial charge on any atom is -0.383 e. The summed E-state index contributed by atoms with van der Waals surface area (Å²) >= 11 is 0. The monoisotopic (exact) mass is 1870 g/mol. The highest BCUT2D eigenvalue weighted by atomic mass is 16.5. The molecule has 8 N–H and O–H groups in total. The molecule has 0 radical (unpaired) electrons. The number of hydrogen-bond acceptors (Lipinski definition) is 29. The zero-order valence-corrected chi connectivity index (χ0v) is 78.7. The highest BCUT2D eigenvalue weighted by Gasteiger charge is 2.38. The maximum absolute atomic E-state index is 13.0. The fraction of sp³-hybridized carbons (Fsp3) is 0.343. The van der Waals surface area contributed by atoms with Gasteiger partial charge in [-0.2, -0.15) is 40.3 Å². The van der Waals surface area contributed by atoms with Gasteiger partial charge in [0, 0.05) is 148 Å². The van der Waals surface area contributed by atoms with Gasteiger partial charge in [-0.05, 0) is 75.6 Å². The van der Waals surface area contributed by atoms with E-state index < -0.39 is 0 Å². The van der Waals surface area contributed by atoms with E-state index >= 15 is 0 Å². The maximum atomic E-state index is 13.0. The summed E-state index contributed by atoms with van der Waals surface area (Å²) < 4.78 is 21.8. The minimum absolute atomic E-state index is 0.00468. The van der Waals surface area contributed by atoms with Gasteiger partial charge in [0.15, 0.2) is 23.3 Å². The molecule has 4 saturated heterocycles. The van der Waals surface area contributed by atoms with Crippen molar-refractivity contribution in [1.82, 2.24) is 105 Å². The molecule has 0 spiro atoms. The number of pyridine rings is 1. The molecule has 37 heteroatoms. The number of hydrogen-bond donors (Lipinski definition) is 8. The number of nitrogens with zero attached hydrogens (tertiary/aromatic N) is 21. The van der Waals surface area contributed by atoms with Crippen molar-refractivity contribution >= 4 is 94.0 Å². The summed E-state index contributed by atoms with van der Waals surface area (Å²) in [7, 11) is 6.92. The lowest BCUT2D eigenvalue weighted by molar-refractivity contribution is -0.131. The number of ether oxygens (including phenoxy) is 4. The molecular weight excluding hydrogens is 1760 g/mol. The van der Waals surface area contributed by atoms with Crippen LogP contribution in [0.2, 0.25) is 0 Å². The van der Waals surface area contributed by atoms with Crippen molar-refractivity contribution in [1.29, 1.82) is 0 Å². The number of carbonyl (C=O) groups is 4. The van der Waals surface area contributed by atoms with Gasteiger partial charge in [-0.3, -0.25) is 44.6 Å². The molecule has 14 aromatic rings. The van der Waals surface area contributed by atoms with Gasteiger partial charge in [0.05, 0.1) is 149 Å². The summed E-state index contributed by atoms with van der Waals surface area (Å²) in [5.41, 5.74) is 16.3. The van der Waals surface area contributed by atoms with E-state index in [1.54, 1.807) is 63.5 Å². The Morgan fingerprint density at radius 1 is 0.345 bits per heavy atom. The predicted molar refractivity (Wildman–Crippen MR) is 529 cm³/mol. The van der Waals surface area contributed by atoms with Crippen molar-refractivity contribution < 1.29 is 38.1 Å². The number of aromatic nitrogens is 17. The van der Waals surface area contributed by atoms with Gasteiger partial charge in [-0.15, -0.1) is 0 Å². The average Bonchev–Trinajstić information content (AvgIpc) is 1.60. The van der Waals surface area contributed by atoms with Crippen molar-refractivity contribution in [2.45, 2.75) is 148 Å². The smallest absolute Gasteiger partial charge is 0.273 e. The highest BCUT2D eigenvalue weighted by molar-refractivity contribution is 5.95. The lowest BCUT2D eigenvalue weighted by Gasteiger charge is -2.25. The summed E-state index contributed by atoms with van der Waals surface area (Å²) in [5.74, 6) is 8.20. The van der Waals surface area contributed by atoms with Crippen LogP contribution < -0.4 is 40.9 Å². The zero-order chi connectivity index (χ0) is 95.2. The van der Waals surface area contributed by atoms with Crippen molar-refractivity contribution in [2.75, 3.05) is 122 Å². The van der Waals surface area contributed by atoms with E-state index in [1.807, 2.05) is 199 Å². The van der Waals surface area contributed by atoms with Crippen molar-refractivity contribution in [2.24, 2.45) is 0 Å². The summed E-state index contributed by atoms with van der Waals surface area (Å²) in [6, 6.07) is 63.9. The first-order valence-corrected chi connectivity index (χ1v) is 47.4. The van der Waals surface area contributed by atoms with Crippen molar-refractivity contribution in [3.05, 3.63) is 257 Å². The number of amides is 4. The maximum Gasteiger partial charge on any atom is 0.273 e. The minimum atomic E-state index is -0.106. The Hall–Kier alpha value is -15.5. The third-order valence-electron chi connectivity index (χ3n) is 26.3. The molecule has 4 atom stereocenters. The number of carbonyl (C=O) groups excluding carboxylic acids is 4. The number of rotatable bonds is 27. The third kappa shape index (κ3) is 21.1. The zero-order valence-electron chi connectivity index (χ0n) is 78.7. The molecule has 4 fully saturated rings. The quantitative estimate of drug-likeness (QED) is 0.0237. The molecule has 139 heavy (non-hydrogen) atoms. The van der Waals surface area contributed by atoms with Crippen LogP contribution in [0.15, 0.2) is 200 Å². The molecule has 714 valence electrons. The summed E-state index contributed by atoms with van der Waals surface area (Å²) in [5, 5.41) is 43.8. The van der Waals surface area contributed by atoms with Crippen LogP contribution in [0.3, 0.4) is 0 Å². The predicted octanol–water partition coefficient (Wildman–Crippen LogP) is 14.7. The molecule has 17 heterocycles. The Kier molecular flexibility index (Phi) is 28.5. The first-order valence-electron chi connectivity index (χ1n) is 47.4. The Morgan fingerprint density at radius 2 is 0.633 bits per heavy atom. The number of aromatic amines is 4. The Bertz CT molecular complexity index is 6380. The van der Waals surface area contributed by atoms with E-state index in [2.05, 4.69) is 86.6 Å². The summed E-state index contributed by atoms with van der Waals surface area (Å²) in [4.78, 5) is 109. The lowest BCUT2D eigenvalue weighted by atomic mass is 10.1. The van der Waals surface area contributed by atoms with E-state index in [1.165, 1.54) is 0 Å². The van der Waals surface area contributed by atoms with E-state index in [9.17, 15) is 19.2 Å². The second-order valence-electron chi connectivity index (χ2n) is 35.5. The number of H-pyrrole nitrogens is 4.